The molecule has 1 aliphatic heterocycles. The molecule has 5 nitrogen and oxygen atoms in total. The molecule has 1 aliphatic carbocycles. The molecule has 18 heavy (non-hydrogen) atoms. The third-order valence-corrected chi connectivity index (χ3v) is 3.65. The predicted octanol–water partition coefficient (Wildman–Crippen LogP) is 0.923. The second-order valence-electron chi connectivity index (χ2n) is 5.07. The topological polar surface area (TPSA) is 77.8 Å². The van der Waals surface area contributed by atoms with Crippen molar-refractivity contribution in [2.75, 3.05) is 6.54 Å². The van der Waals surface area contributed by atoms with Gasteiger partial charge in [0.15, 0.2) is 0 Å². The number of nitrogens with zero attached hydrogens (tertiary/aromatic N) is 1. The lowest BCUT2D eigenvalue weighted by Gasteiger charge is -2.22. The number of rotatable bonds is 3. The molecule has 1 fully saturated rings. The fraction of sp³-hybridized carbons (Fsp3) is 0.692. The molecule has 2 atom stereocenters. The van der Waals surface area contributed by atoms with Crippen molar-refractivity contribution in [1.82, 2.24) is 4.90 Å². The van der Waals surface area contributed by atoms with Gasteiger partial charge in [-0.2, -0.15) is 0 Å². The summed E-state index contributed by atoms with van der Waals surface area (Å²) in [5, 5.41) is 18.5. The van der Waals surface area contributed by atoms with Crippen LogP contribution in [0, 0.1) is 0 Å². The number of amides is 1. The molecule has 0 aromatic carbocycles. The number of aliphatic hydroxyl groups is 1. The van der Waals surface area contributed by atoms with Crippen LogP contribution < -0.4 is 0 Å². The van der Waals surface area contributed by atoms with Gasteiger partial charge in [-0.1, -0.05) is 11.6 Å². The predicted molar refractivity (Wildman–Crippen MR) is 64.9 cm³/mol. The zero-order chi connectivity index (χ0) is 13.1. The fourth-order valence-electron chi connectivity index (χ4n) is 2.68. The maximum atomic E-state index is 12.1. The van der Waals surface area contributed by atoms with E-state index in [4.69, 9.17) is 5.11 Å². The molecule has 5 heteroatoms. The van der Waals surface area contributed by atoms with Gasteiger partial charge in [-0.15, -0.1) is 0 Å². The second kappa shape index (κ2) is 5.52. The zero-order valence-corrected chi connectivity index (χ0v) is 10.3. The van der Waals surface area contributed by atoms with Crippen molar-refractivity contribution in [2.45, 2.75) is 50.7 Å². The molecule has 0 aromatic heterocycles. The number of carboxylic acids is 1. The molecule has 0 radical (unpaired) electrons. The maximum absolute atomic E-state index is 12.1. The quantitative estimate of drug-likeness (QED) is 0.733. The van der Waals surface area contributed by atoms with Crippen LogP contribution in [0.15, 0.2) is 11.6 Å². The average molecular weight is 253 g/mol. The highest BCUT2D eigenvalue weighted by atomic mass is 16.4. The minimum Gasteiger partial charge on any atom is -0.480 e. The number of likely N-dealkylation sites (tertiary alicyclic amines) is 1. The molecule has 100 valence electrons. The van der Waals surface area contributed by atoms with Gasteiger partial charge in [0, 0.05) is 19.4 Å². The van der Waals surface area contributed by atoms with E-state index in [0.717, 1.165) is 31.3 Å². The Labute approximate surface area is 106 Å². The van der Waals surface area contributed by atoms with Gasteiger partial charge in [0.05, 0.1) is 6.10 Å². The number of aliphatic carboxylic acids is 1. The van der Waals surface area contributed by atoms with Crippen LogP contribution in [-0.2, 0) is 9.59 Å². The van der Waals surface area contributed by atoms with E-state index in [1.54, 1.807) is 0 Å². The van der Waals surface area contributed by atoms with E-state index in [2.05, 4.69) is 6.08 Å². The lowest BCUT2D eigenvalue weighted by molar-refractivity contribution is -0.148. The molecule has 2 N–H and O–H groups in total. The lowest BCUT2D eigenvalue weighted by atomic mass is 9.97. The number of carbonyl (C=O) groups is 2. The normalized spacial score (nSPS) is 28.1. The summed E-state index contributed by atoms with van der Waals surface area (Å²) in [4.78, 5) is 24.4. The maximum Gasteiger partial charge on any atom is 0.326 e. The Bertz CT molecular complexity index is 377. The Balaban J connectivity index is 1.99. The van der Waals surface area contributed by atoms with Gasteiger partial charge in [-0.3, -0.25) is 4.79 Å². The Kier molecular flexibility index (Phi) is 4.01. The summed E-state index contributed by atoms with van der Waals surface area (Å²) < 4.78 is 0. The minimum absolute atomic E-state index is 0.139. The van der Waals surface area contributed by atoms with Crippen LogP contribution in [0.2, 0.25) is 0 Å². The van der Waals surface area contributed by atoms with Gasteiger partial charge in [0.25, 0.3) is 0 Å². The first kappa shape index (κ1) is 13.1. The summed E-state index contributed by atoms with van der Waals surface area (Å²) in [6, 6.07) is -0.864. The summed E-state index contributed by atoms with van der Waals surface area (Å²) in [5.41, 5.74) is 1.11. The zero-order valence-electron chi connectivity index (χ0n) is 10.3. The SMILES string of the molecule is O=C(O)[C@@H]1CC(O)CN1C(=O)CC1=CCCCC1. The monoisotopic (exact) mass is 253 g/mol. The fourth-order valence-corrected chi connectivity index (χ4v) is 2.68. The van der Waals surface area contributed by atoms with E-state index in [-0.39, 0.29) is 18.9 Å². The van der Waals surface area contributed by atoms with E-state index in [9.17, 15) is 14.7 Å². The van der Waals surface area contributed by atoms with Crippen molar-refractivity contribution < 1.29 is 19.8 Å². The van der Waals surface area contributed by atoms with E-state index in [1.165, 1.54) is 4.90 Å². The van der Waals surface area contributed by atoms with Gasteiger partial charge >= 0.3 is 5.97 Å². The van der Waals surface area contributed by atoms with E-state index in [1.807, 2.05) is 0 Å². The van der Waals surface area contributed by atoms with Crippen LogP contribution in [0.25, 0.3) is 0 Å². The van der Waals surface area contributed by atoms with Gasteiger partial charge in [-0.05, 0) is 25.7 Å². The Hall–Kier alpha value is -1.36. The van der Waals surface area contributed by atoms with Gasteiger partial charge in [-0.25, -0.2) is 4.79 Å². The third-order valence-electron chi connectivity index (χ3n) is 3.65. The number of aliphatic hydroxyl groups excluding tert-OH is 1. The smallest absolute Gasteiger partial charge is 0.326 e. The van der Waals surface area contributed by atoms with Crippen molar-refractivity contribution in [1.29, 1.82) is 0 Å². The van der Waals surface area contributed by atoms with Crippen molar-refractivity contribution in [3.8, 4) is 0 Å². The first-order valence-corrected chi connectivity index (χ1v) is 6.46. The number of carbonyl (C=O) groups excluding carboxylic acids is 1. The summed E-state index contributed by atoms with van der Waals surface area (Å²) in [6.45, 7) is 0.142. The molecule has 2 aliphatic rings. The third kappa shape index (κ3) is 2.90. The number of carboxylic acid groups (broad SMARTS) is 1. The highest BCUT2D eigenvalue weighted by Gasteiger charge is 2.38. The van der Waals surface area contributed by atoms with Crippen molar-refractivity contribution >= 4 is 11.9 Å². The van der Waals surface area contributed by atoms with Gasteiger partial charge in [0.1, 0.15) is 6.04 Å². The molecule has 1 saturated heterocycles. The van der Waals surface area contributed by atoms with Gasteiger partial charge in [0.2, 0.25) is 5.91 Å². The van der Waals surface area contributed by atoms with Crippen LogP contribution in [0.4, 0.5) is 0 Å². The molecular formula is C13H19NO4. The number of hydrogen-bond donors (Lipinski definition) is 2. The molecule has 0 spiro atoms. The molecule has 1 amide bonds. The van der Waals surface area contributed by atoms with E-state index >= 15 is 0 Å². The Morgan fingerprint density at radius 3 is 2.78 bits per heavy atom. The highest BCUT2D eigenvalue weighted by molar-refractivity contribution is 5.85. The summed E-state index contributed by atoms with van der Waals surface area (Å²) in [7, 11) is 0. The summed E-state index contributed by atoms with van der Waals surface area (Å²) in [5.74, 6) is -1.20. The molecule has 1 heterocycles. The van der Waals surface area contributed by atoms with E-state index in [0.29, 0.717) is 6.42 Å². The Morgan fingerprint density at radius 2 is 2.17 bits per heavy atom. The van der Waals surface area contributed by atoms with Crippen molar-refractivity contribution in [2.24, 2.45) is 0 Å². The average Bonchev–Trinajstić information content (AvgIpc) is 2.73. The lowest BCUT2D eigenvalue weighted by Crippen LogP contribution is -2.40. The number of β-amino-alcohol motifs (C(OH)–C–C–N with tert-alkyl or cyclic N) is 1. The van der Waals surface area contributed by atoms with Crippen LogP contribution in [0.5, 0.6) is 0 Å². The Morgan fingerprint density at radius 1 is 1.39 bits per heavy atom. The molecule has 1 unspecified atom stereocenters. The van der Waals surface area contributed by atoms with Crippen LogP contribution in [-0.4, -0.2) is 45.7 Å². The molecule has 2 rings (SSSR count). The largest absolute Gasteiger partial charge is 0.480 e. The first-order valence-electron chi connectivity index (χ1n) is 6.46. The molecular weight excluding hydrogens is 234 g/mol. The highest BCUT2D eigenvalue weighted by Crippen LogP contribution is 2.24. The molecule has 0 bridgehead atoms. The van der Waals surface area contributed by atoms with Crippen molar-refractivity contribution in [3.63, 3.8) is 0 Å². The van der Waals surface area contributed by atoms with Crippen molar-refractivity contribution in [3.05, 3.63) is 11.6 Å². The molecule has 0 saturated carbocycles. The minimum atomic E-state index is -1.03. The first-order chi connectivity index (χ1) is 8.58. The number of hydrogen-bond acceptors (Lipinski definition) is 3. The van der Waals surface area contributed by atoms with E-state index < -0.39 is 18.1 Å². The second-order valence-corrected chi connectivity index (χ2v) is 5.07. The van der Waals surface area contributed by atoms with Crippen LogP contribution in [0.3, 0.4) is 0 Å². The summed E-state index contributed by atoms with van der Waals surface area (Å²) in [6.07, 6.45) is 6.02. The van der Waals surface area contributed by atoms with Crippen LogP contribution in [0.1, 0.15) is 38.5 Å². The standard InChI is InChI=1S/C13H19NO4/c15-10-7-11(13(17)18)14(8-10)12(16)6-9-4-2-1-3-5-9/h4,10-11,15H,1-3,5-8H2,(H,17,18)/t10?,11-/m0/s1. The number of allylic oxidation sites excluding steroid dienone is 1. The summed E-state index contributed by atoms with van der Waals surface area (Å²) >= 11 is 0. The molecule has 0 aromatic rings. The van der Waals surface area contributed by atoms with Gasteiger partial charge < -0.3 is 15.1 Å². The van der Waals surface area contributed by atoms with Crippen LogP contribution >= 0.6 is 0 Å².